The third-order valence-electron chi connectivity index (χ3n) is 4.85. The lowest BCUT2D eigenvalue weighted by Crippen LogP contribution is -2.22. The van der Waals surface area contributed by atoms with Crippen molar-refractivity contribution in [2.75, 3.05) is 0 Å². The lowest BCUT2D eigenvalue weighted by Gasteiger charge is -2.17. The van der Waals surface area contributed by atoms with E-state index in [1.54, 1.807) is 12.4 Å². The van der Waals surface area contributed by atoms with Gasteiger partial charge in [0.25, 0.3) is 5.91 Å². The number of ether oxygens (including phenoxy) is 1. The Morgan fingerprint density at radius 1 is 1.18 bits per heavy atom. The maximum absolute atomic E-state index is 12.4. The van der Waals surface area contributed by atoms with Crippen LogP contribution in [-0.2, 0) is 11.4 Å². The molecule has 0 spiro atoms. The maximum atomic E-state index is 12.4. The van der Waals surface area contributed by atoms with E-state index in [0.717, 1.165) is 34.9 Å². The summed E-state index contributed by atoms with van der Waals surface area (Å²) in [5.41, 5.74) is 1.88. The fourth-order valence-corrected chi connectivity index (χ4v) is 4.26. The summed E-state index contributed by atoms with van der Waals surface area (Å²) in [6, 6.07) is 11.9. The monoisotopic (exact) mass is 393 g/mol. The second-order valence-electron chi connectivity index (χ2n) is 6.98. The van der Waals surface area contributed by atoms with Crippen LogP contribution in [-0.4, -0.2) is 22.1 Å². The van der Waals surface area contributed by atoms with Crippen LogP contribution in [0.4, 0.5) is 0 Å². The normalized spacial score (nSPS) is 20.5. The summed E-state index contributed by atoms with van der Waals surface area (Å²) in [5.74, 6) is 0.645. The topological polar surface area (TPSA) is 63.6 Å². The van der Waals surface area contributed by atoms with E-state index in [-0.39, 0.29) is 5.91 Å². The standard InChI is InChI=1S/C22H23N3O2S/c26-21-20(28-22(25-21)24-18-9-2-1-3-10-18)13-17-8-4-5-11-19(17)27-15-16-7-6-12-23-14-16/h4-8,11-14,18H,1-3,9-10,15H2,(H,24,25,26). The molecule has 2 heterocycles. The first kappa shape index (κ1) is 18.7. The summed E-state index contributed by atoms with van der Waals surface area (Å²) >= 11 is 1.42. The van der Waals surface area contributed by atoms with Gasteiger partial charge in [0.15, 0.2) is 5.17 Å². The van der Waals surface area contributed by atoms with Crippen LogP contribution in [0.2, 0.25) is 0 Å². The highest BCUT2D eigenvalue weighted by atomic mass is 32.2. The SMILES string of the molecule is O=C1NC(=NC2CCCCC2)SC1=Cc1ccccc1OCc1cccnc1. The zero-order valence-corrected chi connectivity index (χ0v) is 16.5. The number of para-hydroxylation sites is 1. The molecule has 5 nitrogen and oxygen atoms in total. The number of thioether (sulfide) groups is 1. The summed E-state index contributed by atoms with van der Waals surface area (Å²) in [5, 5.41) is 3.62. The molecule has 2 aromatic rings. The Bertz CT molecular complexity index is 890. The average Bonchev–Trinajstić information content (AvgIpc) is 3.07. The molecule has 4 rings (SSSR count). The van der Waals surface area contributed by atoms with Crippen molar-refractivity contribution >= 4 is 28.9 Å². The van der Waals surface area contributed by atoms with Gasteiger partial charge in [-0.05, 0) is 42.8 Å². The Hall–Kier alpha value is -2.60. The molecule has 1 saturated heterocycles. The van der Waals surface area contributed by atoms with E-state index >= 15 is 0 Å². The lowest BCUT2D eigenvalue weighted by molar-refractivity contribution is -0.115. The van der Waals surface area contributed by atoms with E-state index < -0.39 is 0 Å². The zero-order chi connectivity index (χ0) is 19.2. The zero-order valence-electron chi connectivity index (χ0n) is 15.6. The number of nitrogens with zero attached hydrogens (tertiary/aromatic N) is 2. The van der Waals surface area contributed by atoms with Crippen molar-refractivity contribution in [2.24, 2.45) is 4.99 Å². The van der Waals surface area contributed by atoms with Crippen LogP contribution in [0, 0.1) is 0 Å². The van der Waals surface area contributed by atoms with Gasteiger partial charge < -0.3 is 10.1 Å². The number of nitrogens with one attached hydrogen (secondary N) is 1. The van der Waals surface area contributed by atoms with E-state index in [1.165, 1.54) is 31.0 Å². The molecule has 0 bridgehead atoms. The number of pyridine rings is 1. The molecule has 6 heteroatoms. The van der Waals surface area contributed by atoms with Crippen molar-refractivity contribution in [2.45, 2.75) is 44.8 Å². The number of hydrogen-bond donors (Lipinski definition) is 1. The Morgan fingerprint density at radius 2 is 2.04 bits per heavy atom. The van der Waals surface area contributed by atoms with E-state index in [9.17, 15) is 4.79 Å². The van der Waals surface area contributed by atoms with Crippen molar-refractivity contribution in [3.8, 4) is 5.75 Å². The van der Waals surface area contributed by atoms with Crippen LogP contribution in [0.3, 0.4) is 0 Å². The van der Waals surface area contributed by atoms with Gasteiger partial charge in [-0.25, -0.2) is 0 Å². The molecular weight excluding hydrogens is 370 g/mol. The summed E-state index contributed by atoms with van der Waals surface area (Å²) in [4.78, 5) is 21.9. The maximum Gasteiger partial charge on any atom is 0.264 e. The number of rotatable bonds is 5. The minimum absolute atomic E-state index is 0.0957. The van der Waals surface area contributed by atoms with Gasteiger partial charge in [-0.2, -0.15) is 0 Å². The van der Waals surface area contributed by atoms with Gasteiger partial charge in [0.2, 0.25) is 0 Å². The quantitative estimate of drug-likeness (QED) is 0.757. The summed E-state index contributed by atoms with van der Waals surface area (Å²) < 4.78 is 5.96. The predicted octanol–water partition coefficient (Wildman–Crippen LogP) is 4.55. The van der Waals surface area contributed by atoms with Crippen LogP contribution < -0.4 is 10.1 Å². The number of carbonyl (C=O) groups excluding carboxylic acids is 1. The first-order valence-electron chi connectivity index (χ1n) is 9.67. The highest BCUT2D eigenvalue weighted by Gasteiger charge is 2.25. The smallest absolute Gasteiger partial charge is 0.264 e. The minimum Gasteiger partial charge on any atom is -0.488 e. The van der Waals surface area contributed by atoms with E-state index in [0.29, 0.717) is 17.6 Å². The molecule has 1 aromatic heterocycles. The van der Waals surface area contributed by atoms with Crippen molar-refractivity contribution < 1.29 is 9.53 Å². The van der Waals surface area contributed by atoms with E-state index in [2.05, 4.69) is 10.3 Å². The van der Waals surface area contributed by atoms with Crippen LogP contribution in [0.15, 0.2) is 58.7 Å². The largest absolute Gasteiger partial charge is 0.488 e. The molecule has 1 aliphatic carbocycles. The minimum atomic E-state index is -0.0957. The molecule has 2 aliphatic rings. The molecule has 0 radical (unpaired) electrons. The fraction of sp³-hybridized carbons (Fsp3) is 0.318. The second-order valence-corrected chi connectivity index (χ2v) is 8.01. The molecule has 1 saturated carbocycles. The van der Waals surface area contributed by atoms with Crippen molar-refractivity contribution in [3.05, 3.63) is 64.8 Å². The van der Waals surface area contributed by atoms with Crippen LogP contribution in [0.1, 0.15) is 43.2 Å². The molecule has 1 aromatic carbocycles. The summed E-state index contributed by atoms with van der Waals surface area (Å²) in [6.07, 6.45) is 11.4. The molecule has 1 amide bonds. The average molecular weight is 394 g/mol. The molecular formula is C22H23N3O2S. The number of benzene rings is 1. The molecule has 1 aliphatic heterocycles. The number of hydrogen-bond acceptors (Lipinski definition) is 5. The second kappa shape index (κ2) is 9.06. The van der Waals surface area contributed by atoms with Crippen molar-refractivity contribution in [3.63, 3.8) is 0 Å². The van der Waals surface area contributed by atoms with Gasteiger partial charge in [-0.3, -0.25) is 14.8 Å². The van der Waals surface area contributed by atoms with Gasteiger partial charge in [-0.15, -0.1) is 0 Å². The van der Waals surface area contributed by atoms with Gasteiger partial charge in [0, 0.05) is 23.5 Å². The lowest BCUT2D eigenvalue weighted by atomic mass is 9.96. The number of amidine groups is 1. The van der Waals surface area contributed by atoms with Crippen LogP contribution in [0.25, 0.3) is 6.08 Å². The highest BCUT2D eigenvalue weighted by Crippen LogP contribution is 2.31. The molecule has 28 heavy (non-hydrogen) atoms. The Labute approximate surface area is 169 Å². The fourth-order valence-electron chi connectivity index (χ4n) is 3.38. The van der Waals surface area contributed by atoms with Gasteiger partial charge in [0.05, 0.1) is 10.9 Å². The van der Waals surface area contributed by atoms with Gasteiger partial charge in [-0.1, -0.05) is 43.5 Å². The molecule has 0 atom stereocenters. The highest BCUT2D eigenvalue weighted by molar-refractivity contribution is 8.18. The molecule has 1 N–H and O–H groups in total. The third kappa shape index (κ3) is 4.81. The van der Waals surface area contributed by atoms with Crippen LogP contribution >= 0.6 is 11.8 Å². The summed E-state index contributed by atoms with van der Waals surface area (Å²) in [7, 11) is 0. The number of aliphatic imine (C=N–C) groups is 1. The molecule has 0 unspecified atom stereocenters. The Balaban J connectivity index is 1.47. The number of aromatic nitrogens is 1. The van der Waals surface area contributed by atoms with Crippen molar-refractivity contribution in [1.82, 2.24) is 10.3 Å². The molecule has 144 valence electrons. The first-order valence-corrected chi connectivity index (χ1v) is 10.5. The summed E-state index contributed by atoms with van der Waals surface area (Å²) in [6.45, 7) is 0.432. The van der Waals surface area contributed by atoms with Gasteiger partial charge >= 0.3 is 0 Å². The number of amides is 1. The van der Waals surface area contributed by atoms with E-state index in [4.69, 9.17) is 9.73 Å². The molecule has 2 fully saturated rings. The van der Waals surface area contributed by atoms with E-state index in [1.807, 2.05) is 42.5 Å². The number of carbonyl (C=O) groups is 1. The predicted molar refractivity (Wildman–Crippen MR) is 113 cm³/mol. The van der Waals surface area contributed by atoms with Crippen molar-refractivity contribution in [1.29, 1.82) is 0 Å². The third-order valence-corrected chi connectivity index (χ3v) is 5.77. The Kier molecular flexibility index (Phi) is 6.07. The van der Waals surface area contributed by atoms with Gasteiger partial charge in [0.1, 0.15) is 12.4 Å². The Morgan fingerprint density at radius 3 is 2.86 bits per heavy atom. The van der Waals surface area contributed by atoms with Crippen LogP contribution in [0.5, 0.6) is 5.75 Å². The first-order chi connectivity index (χ1) is 13.8.